The highest BCUT2D eigenvalue weighted by molar-refractivity contribution is 5.86. The number of aliphatic imine (C=N–C) groups is 1. The van der Waals surface area contributed by atoms with E-state index in [9.17, 15) is 4.79 Å². The zero-order valence-corrected chi connectivity index (χ0v) is 18.0. The Balaban J connectivity index is 1.57. The Bertz CT molecular complexity index is 855. The molecule has 162 valence electrons. The first-order valence-electron chi connectivity index (χ1n) is 10.3. The summed E-state index contributed by atoms with van der Waals surface area (Å²) < 4.78 is 7.11. The van der Waals surface area contributed by atoms with Gasteiger partial charge in [-0.25, -0.2) is 4.99 Å². The molecule has 1 saturated heterocycles. The topological polar surface area (TPSA) is 96.7 Å². The number of aryl methyl sites for hydroxylation is 1. The fourth-order valence-electron chi connectivity index (χ4n) is 3.27. The molecule has 9 nitrogen and oxygen atoms in total. The maximum atomic E-state index is 12.4. The van der Waals surface area contributed by atoms with E-state index < -0.39 is 0 Å². The summed E-state index contributed by atoms with van der Waals surface area (Å²) >= 11 is 0. The van der Waals surface area contributed by atoms with Gasteiger partial charge in [0, 0.05) is 26.7 Å². The van der Waals surface area contributed by atoms with E-state index in [0.29, 0.717) is 19.0 Å². The minimum absolute atomic E-state index is 0.103. The van der Waals surface area contributed by atoms with Crippen molar-refractivity contribution in [1.82, 2.24) is 30.3 Å². The number of benzene rings is 1. The second-order valence-corrected chi connectivity index (χ2v) is 7.35. The van der Waals surface area contributed by atoms with E-state index in [2.05, 4.69) is 25.8 Å². The van der Waals surface area contributed by atoms with Gasteiger partial charge >= 0.3 is 0 Å². The largest absolute Gasteiger partial charge is 0.497 e. The lowest BCUT2D eigenvalue weighted by Crippen LogP contribution is -2.44. The van der Waals surface area contributed by atoms with Crippen LogP contribution in [0.3, 0.4) is 0 Å². The molecule has 1 aliphatic heterocycles. The van der Waals surface area contributed by atoms with E-state index in [-0.39, 0.29) is 12.5 Å². The predicted molar refractivity (Wildman–Crippen MR) is 115 cm³/mol. The number of amides is 1. The number of nitrogens with one attached hydrogen (secondary N) is 2. The number of likely N-dealkylation sites (tertiary alicyclic amines) is 1. The monoisotopic (exact) mass is 413 g/mol. The Labute approximate surface area is 177 Å². The van der Waals surface area contributed by atoms with Crippen molar-refractivity contribution in [3.8, 4) is 5.75 Å². The van der Waals surface area contributed by atoms with Gasteiger partial charge in [-0.1, -0.05) is 12.1 Å². The second-order valence-electron chi connectivity index (χ2n) is 7.35. The van der Waals surface area contributed by atoms with Crippen molar-refractivity contribution >= 4 is 11.9 Å². The normalized spacial score (nSPS) is 14.1. The van der Waals surface area contributed by atoms with E-state index in [0.717, 1.165) is 49.8 Å². The van der Waals surface area contributed by atoms with Crippen LogP contribution in [0.15, 0.2) is 29.3 Å². The number of aromatic nitrogens is 3. The third-order valence-corrected chi connectivity index (χ3v) is 5.29. The van der Waals surface area contributed by atoms with Crippen LogP contribution in [0.1, 0.15) is 30.1 Å². The van der Waals surface area contributed by atoms with Crippen molar-refractivity contribution in [3.05, 3.63) is 41.5 Å². The molecule has 0 bridgehead atoms. The minimum atomic E-state index is 0.103. The molecule has 3 rings (SSSR count). The van der Waals surface area contributed by atoms with Gasteiger partial charge in [0.2, 0.25) is 5.91 Å². The van der Waals surface area contributed by atoms with Crippen LogP contribution in [0.25, 0.3) is 0 Å². The molecule has 30 heavy (non-hydrogen) atoms. The van der Waals surface area contributed by atoms with Gasteiger partial charge in [-0.15, -0.1) is 10.2 Å². The lowest BCUT2D eigenvalue weighted by Gasteiger charge is -2.17. The van der Waals surface area contributed by atoms with Gasteiger partial charge in [0.1, 0.15) is 18.1 Å². The Morgan fingerprint density at radius 3 is 2.53 bits per heavy atom. The lowest BCUT2D eigenvalue weighted by atomic mass is 10.1. The number of hydrogen-bond donors (Lipinski definition) is 2. The fraction of sp³-hybridized carbons (Fsp3) is 0.524. The SMILES string of the molecule is COc1ccc(CCNC(=NCc2nnc(C)n2C)NCC(=O)N2CCCC2)cc1. The molecule has 0 unspecified atom stereocenters. The van der Waals surface area contributed by atoms with Crippen LogP contribution < -0.4 is 15.4 Å². The molecular formula is C21H31N7O2. The Morgan fingerprint density at radius 2 is 1.90 bits per heavy atom. The molecule has 2 heterocycles. The summed E-state index contributed by atoms with van der Waals surface area (Å²) in [6.07, 6.45) is 2.99. The summed E-state index contributed by atoms with van der Waals surface area (Å²) in [5, 5.41) is 14.7. The number of nitrogens with zero attached hydrogens (tertiary/aromatic N) is 5. The van der Waals surface area contributed by atoms with Gasteiger partial charge in [0.05, 0.1) is 13.7 Å². The highest BCUT2D eigenvalue weighted by Gasteiger charge is 2.17. The first kappa shape index (κ1) is 21.6. The predicted octanol–water partition coefficient (Wildman–Crippen LogP) is 1.03. The van der Waals surface area contributed by atoms with Crippen molar-refractivity contribution in [1.29, 1.82) is 0 Å². The van der Waals surface area contributed by atoms with Crippen molar-refractivity contribution in [3.63, 3.8) is 0 Å². The highest BCUT2D eigenvalue weighted by atomic mass is 16.5. The molecule has 1 aromatic heterocycles. The average molecular weight is 414 g/mol. The van der Waals surface area contributed by atoms with E-state index in [1.165, 1.54) is 5.56 Å². The van der Waals surface area contributed by atoms with Gasteiger partial charge in [0.15, 0.2) is 11.8 Å². The van der Waals surface area contributed by atoms with E-state index in [1.54, 1.807) is 7.11 Å². The van der Waals surface area contributed by atoms with Gasteiger partial charge in [-0.05, 0) is 43.9 Å². The summed E-state index contributed by atoms with van der Waals surface area (Å²) in [6.45, 7) is 4.89. The zero-order valence-electron chi connectivity index (χ0n) is 18.0. The molecule has 1 fully saturated rings. The van der Waals surface area contributed by atoms with E-state index in [4.69, 9.17) is 4.74 Å². The van der Waals surface area contributed by atoms with Gasteiger partial charge < -0.3 is 24.8 Å². The Kier molecular flexibility index (Phi) is 7.64. The number of ether oxygens (including phenoxy) is 1. The molecule has 0 atom stereocenters. The molecule has 0 spiro atoms. The number of hydrogen-bond acceptors (Lipinski definition) is 5. The van der Waals surface area contributed by atoms with Gasteiger partial charge in [-0.3, -0.25) is 4.79 Å². The maximum absolute atomic E-state index is 12.4. The van der Waals surface area contributed by atoms with Crippen molar-refractivity contribution in [2.75, 3.05) is 33.3 Å². The van der Waals surface area contributed by atoms with Crippen molar-refractivity contribution in [2.45, 2.75) is 32.7 Å². The molecule has 1 aromatic carbocycles. The molecule has 0 aliphatic carbocycles. The lowest BCUT2D eigenvalue weighted by molar-refractivity contribution is -0.128. The smallest absolute Gasteiger partial charge is 0.241 e. The van der Waals surface area contributed by atoms with Crippen LogP contribution in [0, 0.1) is 6.92 Å². The standard InChI is InChI=1S/C21H31N7O2/c1-16-25-26-19(27(16)2)14-23-21(24-15-20(29)28-12-4-5-13-28)22-11-10-17-6-8-18(30-3)9-7-17/h6-9H,4-5,10-15H2,1-3H3,(H2,22,23,24). The summed E-state index contributed by atoms with van der Waals surface area (Å²) in [4.78, 5) is 18.9. The number of carbonyl (C=O) groups is 1. The third-order valence-electron chi connectivity index (χ3n) is 5.29. The number of methoxy groups -OCH3 is 1. The van der Waals surface area contributed by atoms with Crippen LogP contribution in [-0.4, -0.2) is 64.8 Å². The summed E-state index contributed by atoms with van der Waals surface area (Å²) in [7, 11) is 3.58. The Hall–Kier alpha value is -3.10. The Morgan fingerprint density at radius 1 is 1.17 bits per heavy atom. The molecule has 0 radical (unpaired) electrons. The molecular weight excluding hydrogens is 382 g/mol. The third kappa shape index (κ3) is 5.95. The van der Waals surface area contributed by atoms with Gasteiger partial charge in [-0.2, -0.15) is 0 Å². The molecule has 1 amide bonds. The van der Waals surface area contributed by atoms with Gasteiger partial charge in [0.25, 0.3) is 0 Å². The molecule has 2 N–H and O–H groups in total. The van der Waals surface area contributed by atoms with E-state index in [1.807, 2.05) is 47.7 Å². The van der Waals surface area contributed by atoms with Crippen LogP contribution >= 0.6 is 0 Å². The fourth-order valence-corrected chi connectivity index (χ4v) is 3.27. The quantitative estimate of drug-likeness (QED) is 0.496. The van der Waals surface area contributed by atoms with Crippen molar-refractivity contribution in [2.24, 2.45) is 12.0 Å². The molecule has 0 saturated carbocycles. The average Bonchev–Trinajstić information content (AvgIpc) is 3.41. The van der Waals surface area contributed by atoms with Crippen LogP contribution in [-0.2, 0) is 24.8 Å². The molecule has 9 heteroatoms. The van der Waals surface area contributed by atoms with Crippen molar-refractivity contribution < 1.29 is 9.53 Å². The zero-order chi connectivity index (χ0) is 21.3. The van der Waals surface area contributed by atoms with Crippen LogP contribution in [0.2, 0.25) is 0 Å². The summed E-state index contributed by atoms with van der Waals surface area (Å²) in [5.74, 6) is 3.15. The first-order chi connectivity index (χ1) is 14.6. The number of carbonyl (C=O) groups excluding carboxylic acids is 1. The van der Waals surface area contributed by atoms with Crippen LogP contribution in [0.5, 0.6) is 5.75 Å². The van der Waals surface area contributed by atoms with E-state index >= 15 is 0 Å². The number of guanidine groups is 1. The second kappa shape index (κ2) is 10.6. The van der Waals surface area contributed by atoms with Crippen LogP contribution in [0.4, 0.5) is 0 Å². The summed E-state index contributed by atoms with van der Waals surface area (Å²) in [5.41, 5.74) is 1.19. The molecule has 2 aromatic rings. The summed E-state index contributed by atoms with van der Waals surface area (Å²) in [6, 6.07) is 8.00. The molecule has 1 aliphatic rings. The highest BCUT2D eigenvalue weighted by Crippen LogP contribution is 2.11. The first-order valence-corrected chi connectivity index (χ1v) is 10.3. The number of rotatable bonds is 8. The maximum Gasteiger partial charge on any atom is 0.241 e. The minimum Gasteiger partial charge on any atom is -0.497 e.